The Kier molecular flexibility index (Phi) is 5.09. The zero-order valence-corrected chi connectivity index (χ0v) is 16.2. The highest BCUT2D eigenvalue weighted by Gasteiger charge is 2.56. The van der Waals surface area contributed by atoms with Crippen LogP contribution in [0.3, 0.4) is 0 Å². The van der Waals surface area contributed by atoms with Crippen molar-refractivity contribution in [3.8, 4) is 0 Å². The van der Waals surface area contributed by atoms with E-state index < -0.39 is 23.6 Å². The van der Waals surface area contributed by atoms with Crippen LogP contribution in [0.2, 0.25) is 5.02 Å². The summed E-state index contributed by atoms with van der Waals surface area (Å²) < 4.78 is 20.1. The average molecular weight is 413 g/mol. The quantitative estimate of drug-likeness (QED) is 0.793. The molecule has 0 radical (unpaired) electrons. The van der Waals surface area contributed by atoms with Gasteiger partial charge in [0.1, 0.15) is 17.1 Å². The number of aliphatic hydroxyl groups is 1. The van der Waals surface area contributed by atoms with Crippen LogP contribution >= 0.6 is 11.6 Å². The molecular formula is C19H22ClFN2O5. The minimum absolute atomic E-state index is 0.0728. The van der Waals surface area contributed by atoms with Crippen LogP contribution in [0.25, 0.3) is 5.57 Å². The summed E-state index contributed by atoms with van der Waals surface area (Å²) >= 11 is 6.31. The third-order valence-electron chi connectivity index (χ3n) is 5.68. The van der Waals surface area contributed by atoms with Crippen LogP contribution in [0.1, 0.15) is 36.8 Å². The molecule has 3 heterocycles. The minimum Gasteiger partial charge on any atom is -0.509 e. The van der Waals surface area contributed by atoms with E-state index in [1.54, 1.807) is 6.92 Å². The van der Waals surface area contributed by atoms with Crippen molar-refractivity contribution in [1.29, 1.82) is 0 Å². The minimum atomic E-state index is -1.20. The molecule has 0 saturated carbocycles. The number of aryl methyl sites for hydroxylation is 1. The van der Waals surface area contributed by atoms with Gasteiger partial charge in [-0.1, -0.05) is 17.7 Å². The standard InChI is InChI=1S/C19H22ClFN2O5/c1-11-4-5-12(21)14(16(11)20)15-17(24)19(6-8-22(26)9-7-19)23(18(15)25)28-13-3-2-10-27-13/h4-5,13,24,26H,2-3,6-10H2,1H3. The number of carbonyl (C=O) groups excluding carboxylic acids is 1. The van der Waals surface area contributed by atoms with Gasteiger partial charge in [0.25, 0.3) is 5.91 Å². The fraction of sp³-hybridized carbons (Fsp3) is 0.526. The number of ether oxygens (including phenoxy) is 1. The summed E-state index contributed by atoms with van der Waals surface area (Å²) in [5.74, 6) is -1.64. The lowest BCUT2D eigenvalue weighted by Gasteiger charge is -2.42. The van der Waals surface area contributed by atoms with Gasteiger partial charge >= 0.3 is 0 Å². The molecule has 3 aliphatic rings. The number of piperidine rings is 1. The predicted molar refractivity (Wildman–Crippen MR) is 97.9 cm³/mol. The van der Waals surface area contributed by atoms with E-state index >= 15 is 0 Å². The molecular weight excluding hydrogens is 391 g/mol. The van der Waals surface area contributed by atoms with E-state index in [4.69, 9.17) is 21.2 Å². The van der Waals surface area contributed by atoms with E-state index in [9.17, 15) is 19.5 Å². The number of hydrogen-bond acceptors (Lipinski definition) is 6. The maximum atomic E-state index is 14.7. The molecule has 1 aromatic rings. The highest BCUT2D eigenvalue weighted by Crippen LogP contribution is 2.47. The van der Waals surface area contributed by atoms with E-state index in [1.807, 2.05) is 0 Å². The van der Waals surface area contributed by atoms with Gasteiger partial charge in [-0.15, -0.1) is 0 Å². The summed E-state index contributed by atoms with van der Waals surface area (Å²) in [6.45, 7) is 2.66. The fourth-order valence-corrected chi connectivity index (χ4v) is 4.29. The fourth-order valence-electron chi connectivity index (χ4n) is 4.04. The Morgan fingerprint density at radius 2 is 2.07 bits per heavy atom. The number of hydrogen-bond donors (Lipinski definition) is 2. The predicted octanol–water partition coefficient (Wildman–Crippen LogP) is 3.19. The number of carbonyl (C=O) groups is 1. The first-order valence-electron chi connectivity index (χ1n) is 9.30. The van der Waals surface area contributed by atoms with Crippen LogP contribution in [0, 0.1) is 12.7 Å². The SMILES string of the molecule is Cc1ccc(F)c(C2=C(O)C3(CCN(O)CC3)N(OC3CCCO3)C2=O)c1Cl. The van der Waals surface area contributed by atoms with E-state index in [0.29, 0.717) is 18.6 Å². The maximum absolute atomic E-state index is 14.7. The highest BCUT2D eigenvalue weighted by atomic mass is 35.5. The van der Waals surface area contributed by atoms with Crippen LogP contribution in [0.5, 0.6) is 0 Å². The van der Waals surface area contributed by atoms with Gasteiger partial charge in [0.15, 0.2) is 6.29 Å². The second-order valence-electron chi connectivity index (χ2n) is 7.41. The van der Waals surface area contributed by atoms with Crippen molar-refractivity contribution in [2.24, 2.45) is 0 Å². The molecule has 152 valence electrons. The molecule has 1 amide bonds. The molecule has 9 heteroatoms. The molecule has 2 saturated heterocycles. The molecule has 3 aliphatic heterocycles. The summed E-state index contributed by atoms with van der Waals surface area (Å²) in [7, 11) is 0. The second kappa shape index (κ2) is 7.27. The summed E-state index contributed by atoms with van der Waals surface area (Å²) in [6.07, 6.45) is 1.25. The Labute approximate surface area is 166 Å². The molecule has 4 rings (SSSR count). The van der Waals surface area contributed by atoms with Gasteiger partial charge in [-0.3, -0.25) is 4.79 Å². The normalized spacial score (nSPS) is 25.4. The Hall–Kier alpha value is -1.71. The second-order valence-corrected chi connectivity index (χ2v) is 7.79. The summed E-state index contributed by atoms with van der Waals surface area (Å²) in [6, 6.07) is 2.73. The first-order chi connectivity index (χ1) is 13.3. The Morgan fingerprint density at radius 1 is 1.36 bits per heavy atom. The highest BCUT2D eigenvalue weighted by molar-refractivity contribution is 6.36. The number of hydroxylamine groups is 4. The molecule has 0 aromatic heterocycles. The molecule has 2 fully saturated rings. The molecule has 2 N–H and O–H groups in total. The molecule has 1 unspecified atom stereocenters. The van der Waals surface area contributed by atoms with Gasteiger partial charge in [0, 0.05) is 25.1 Å². The largest absolute Gasteiger partial charge is 0.509 e. The van der Waals surface area contributed by atoms with Crippen molar-refractivity contribution in [2.75, 3.05) is 19.7 Å². The van der Waals surface area contributed by atoms with Crippen LogP contribution in [0.4, 0.5) is 4.39 Å². The molecule has 0 bridgehead atoms. The van der Waals surface area contributed by atoms with E-state index in [2.05, 4.69) is 0 Å². The van der Waals surface area contributed by atoms with Crippen LogP contribution in [-0.2, 0) is 14.4 Å². The van der Waals surface area contributed by atoms with Gasteiger partial charge in [0.2, 0.25) is 0 Å². The van der Waals surface area contributed by atoms with Crippen LogP contribution in [-0.4, -0.2) is 57.9 Å². The van der Waals surface area contributed by atoms with Gasteiger partial charge in [-0.2, -0.15) is 5.06 Å². The van der Waals surface area contributed by atoms with E-state index in [-0.39, 0.29) is 47.8 Å². The Morgan fingerprint density at radius 3 is 2.71 bits per heavy atom. The summed E-state index contributed by atoms with van der Waals surface area (Å²) in [4.78, 5) is 19.1. The first-order valence-corrected chi connectivity index (χ1v) is 9.68. The zero-order chi connectivity index (χ0) is 20.1. The van der Waals surface area contributed by atoms with Crippen molar-refractivity contribution in [3.63, 3.8) is 0 Å². The van der Waals surface area contributed by atoms with Crippen molar-refractivity contribution < 1.29 is 29.1 Å². The molecule has 1 spiro atoms. The third kappa shape index (κ3) is 3.00. The number of amides is 1. The Bertz CT molecular complexity index is 832. The molecule has 0 aliphatic carbocycles. The van der Waals surface area contributed by atoms with Crippen LogP contribution in [0.15, 0.2) is 17.9 Å². The molecule has 1 aromatic carbocycles. The van der Waals surface area contributed by atoms with Crippen molar-refractivity contribution in [3.05, 3.63) is 39.9 Å². The van der Waals surface area contributed by atoms with Crippen LogP contribution < -0.4 is 0 Å². The van der Waals surface area contributed by atoms with Gasteiger partial charge in [-0.05, 0) is 37.8 Å². The van der Waals surface area contributed by atoms with Crippen molar-refractivity contribution >= 4 is 23.1 Å². The monoisotopic (exact) mass is 412 g/mol. The van der Waals surface area contributed by atoms with Crippen molar-refractivity contribution in [1.82, 2.24) is 10.1 Å². The Balaban J connectivity index is 1.81. The van der Waals surface area contributed by atoms with Gasteiger partial charge < -0.3 is 15.1 Å². The van der Waals surface area contributed by atoms with Crippen molar-refractivity contribution in [2.45, 2.75) is 44.4 Å². The zero-order valence-electron chi connectivity index (χ0n) is 15.5. The topological polar surface area (TPSA) is 82.5 Å². The summed E-state index contributed by atoms with van der Waals surface area (Å²) in [5, 5.41) is 23.2. The van der Waals surface area contributed by atoms with Gasteiger partial charge in [-0.25, -0.2) is 14.3 Å². The smallest absolute Gasteiger partial charge is 0.282 e. The number of benzene rings is 1. The average Bonchev–Trinajstić information content (AvgIpc) is 3.25. The number of aliphatic hydroxyl groups excluding tert-OH is 1. The molecule has 7 nitrogen and oxygen atoms in total. The number of halogens is 2. The van der Waals surface area contributed by atoms with Gasteiger partial charge in [0.05, 0.1) is 17.2 Å². The first kappa shape index (κ1) is 19.6. The third-order valence-corrected chi connectivity index (χ3v) is 6.16. The van der Waals surface area contributed by atoms with E-state index in [1.165, 1.54) is 12.1 Å². The lowest BCUT2D eigenvalue weighted by atomic mass is 9.86. The lowest BCUT2D eigenvalue weighted by Crippen LogP contribution is -2.55. The molecule has 28 heavy (non-hydrogen) atoms. The number of nitrogens with zero attached hydrogens (tertiary/aromatic N) is 2. The lowest BCUT2D eigenvalue weighted by molar-refractivity contribution is -0.290. The molecule has 1 atom stereocenters. The summed E-state index contributed by atoms with van der Waals surface area (Å²) in [5.41, 5.74) is -0.940. The maximum Gasteiger partial charge on any atom is 0.282 e. The van der Waals surface area contributed by atoms with E-state index in [0.717, 1.165) is 16.5 Å². The number of rotatable bonds is 3.